The maximum Gasteiger partial charge on any atom is 0.197 e. The highest BCUT2D eigenvalue weighted by Gasteiger charge is 2.59. The molecule has 4 aliphatic rings. The molecule has 2 N–H and O–H groups in total. The van der Waals surface area contributed by atoms with E-state index in [-0.39, 0.29) is 28.5 Å². The first-order valence-corrected chi connectivity index (χ1v) is 9.02. The van der Waals surface area contributed by atoms with Gasteiger partial charge in [-0.25, -0.2) is 0 Å². The van der Waals surface area contributed by atoms with E-state index < -0.39 is 0 Å². The molecule has 0 amide bonds. The Kier molecular flexibility index (Phi) is 3.08. The van der Waals surface area contributed by atoms with Crippen molar-refractivity contribution in [2.45, 2.75) is 71.3 Å². The van der Waals surface area contributed by atoms with Gasteiger partial charge < -0.3 is 10.2 Å². The van der Waals surface area contributed by atoms with Crippen molar-refractivity contribution >= 4 is 5.78 Å². The molecule has 0 aromatic rings. The summed E-state index contributed by atoms with van der Waals surface area (Å²) >= 11 is 0. The van der Waals surface area contributed by atoms with Gasteiger partial charge >= 0.3 is 0 Å². The highest BCUT2D eigenvalue weighted by Crippen LogP contribution is 2.65. The summed E-state index contributed by atoms with van der Waals surface area (Å²) in [4.78, 5) is 11.9. The lowest BCUT2D eigenvalue weighted by atomic mass is 9.47. The lowest BCUT2D eigenvalue weighted by Gasteiger charge is -2.57. The number of hydrogen-bond donors (Lipinski definition) is 2. The van der Waals surface area contributed by atoms with Gasteiger partial charge in [-0.3, -0.25) is 4.79 Å². The Bertz CT molecular complexity index is 551. The van der Waals surface area contributed by atoms with Crippen LogP contribution in [0.15, 0.2) is 11.3 Å². The third-order valence-electron chi connectivity index (χ3n) is 8.04. The zero-order chi connectivity index (χ0) is 15.7. The first-order chi connectivity index (χ1) is 10.4. The van der Waals surface area contributed by atoms with Crippen LogP contribution in [0, 0.1) is 28.6 Å². The van der Waals surface area contributed by atoms with Crippen LogP contribution in [0.3, 0.4) is 0 Å². The Morgan fingerprint density at radius 1 is 1.00 bits per heavy atom. The Balaban J connectivity index is 1.72. The second kappa shape index (κ2) is 4.59. The standard InChI is InChI=1S/C19H28O3/c1-18-10-8-15(20)17(22)14(18)4-3-11-12-5-6-16(21)19(12,2)9-7-13(11)18/h11-13,16,21-22H,3-10H2,1-2H3/t11-,12-,13-,16?,18+,19-/m0/s1. The maximum atomic E-state index is 11.9. The summed E-state index contributed by atoms with van der Waals surface area (Å²) in [6.07, 6.45) is 7.56. The van der Waals surface area contributed by atoms with E-state index >= 15 is 0 Å². The van der Waals surface area contributed by atoms with E-state index in [2.05, 4.69) is 13.8 Å². The van der Waals surface area contributed by atoms with Gasteiger partial charge in [-0.2, -0.15) is 0 Å². The molecule has 0 bridgehead atoms. The van der Waals surface area contributed by atoms with Crippen molar-refractivity contribution in [3.05, 3.63) is 11.3 Å². The minimum atomic E-state index is -0.135. The zero-order valence-electron chi connectivity index (χ0n) is 13.8. The van der Waals surface area contributed by atoms with E-state index in [9.17, 15) is 15.0 Å². The molecule has 3 fully saturated rings. The Morgan fingerprint density at radius 2 is 1.77 bits per heavy atom. The quantitative estimate of drug-likeness (QED) is 0.716. The third-order valence-corrected chi connectivity index (χ3v) is 8.04. The van der Waals surface area contributed by atoms with Crippen molar-refractivity contribution in [2.75, 3.05) is 0 Å². The largest absolute Gasteiger partial charge is 0.504 e. The predicted octanol–water partition coefficient (Wildman–Crippen LogP) is 3.76. The van der Waals surface area contributed by atoms with Crippen LogP contribution < -0.4 is 0 Å². The molecule has 0 aromatic heterocycles. The van der Waals surface area contributed by atoms with Crippen LogP contribution in [-0.4, -0.2) is 22.1 Å². The minimum absolute atomic E-state index is 0.00970. The van der Waals surface area contributed by atoms with Crippen molar-refractivity contribution in [2.24, 2.45) is 28.6 Å². The van der Waals surface area contributed by atoms with Gasteiger partial charge in [0.1, 0.15) is 0 Å². The molecule has 0 heterocycles. The van der Waals surface area contributed by atoms with Crippen LogP contribution >= 0.6 is 0 Å². The van der Waals surface area contributed by atoms with Gasteiger partial charge in [0.2, 0.25) is 0 Å². The second-order valence-electron chi connectivity index (χ2n) is 8.72. The Morgan fingerprint density at radius 3 is 2.55 bits per heavy atom. The summed E-state index contributed by atoms with van der Waals surface area (Å²) in [5, 5.41) is 20.8. The molecule has 0 radical (unpaired) electrons. The van der Waals surface area contributed by atoms with E-state index in [1.807, 2.05) is 0 Å². The number of allylic oxidation sites excluding steroid dienone is 1. The highest BCUT2D eigenvalue weighted by atomic mass is 16.3. The molecular formula is C19H28O3. The number of fused-ring (bicyclic) bond motifs is 5. The van der Waals surface area contributed by atoms with Crippen molar-refractivity contribution in [3.8, 4) is 0 Å². The summed E-state index contributed by atoms with van der Waals surface area (Å²) in [7, 11) is 0. The van der Waals surface area contributed by atoms with Gasteiger partial charge in [0.15, 0.2) is 11.5 Å². The van der Waals surface area contributed by atoms with Gasteiger partial charge in [-0.1, -0.05) is 13.8 Å². The Labute approximate surface area is 132 Å². The summed E-state index contributed by atoms with van der Waals surface area (Å²) in [5.41, 5.74) is 1.16. The summed E-state index contributed by atoms with van der Waals surface area (Å²) in [6, 6.07) is 0. The average molecular weight is 304 g/mol. The fraction of sp³-hybridized carbons (Fsp3) is 0.842. The lowest BCUT2D eigenvalue weighted by molar-refractivity contribution is -0.122. The maximum absolute atomic E-state index is 11.9. The lowest BCUT2D eigenvalue weighted by Crippen LogP contribution is -2.51. The van der Waals surface area contributed by atoms with E-state index in [0.717, 1.165) is 50.5 Å². The van der Waals surface area contributed by atoms with Crippen molar-refractivity contribution in [1.29, 1.82) is 0 Å². The third kappa shape index (κ3) is 1.69. The molecule has 122 valence electrons. The van der Waals surface area contributed by atoms with E-state index in [4.69, 9.17) is 0 Å². The summed E-state index contributed by atoms with van der Waals surface area (Å²) in [6.45, 7) is 4.58. The average Bonchev–Trinajstić information content (AvgIpc) is 2.79. The molecule has 6 atom stereocenters. The molecule has 22 heavy (non-hydrogen) atoms. The van der Waals surface area contributed by atoms with E-state index in [0.29, 0.717) is 24.2 Å². The van der Waals surface area contributed by atoms with Crippen LogP contribution in [-0.2, 0) is 4.79 Å². The monoisotopic (exact) mass is 304 g/mol. The molecule has 4 aliphatic carbocycles. The topological polar surface area (TPSA) is 57.5 Å². The molecule has 0 aliphatic heterocycles. The van der Waals surface area contributed by atoms with Crippen molar-refractivity contribution in [1.82, 2.24) is 0 Å². The molecule has 3 saturated carbocycles. The number of ketones is 1. The van der Waals surface area contributed by atoms with Gasteiger partial charge in [-0.15, -0.1) is 0 Å². The van der Waals surface area contributed by atoms with Gasteiger partial charge in [0.05, 0.1) is 6.10 Å². The molecule has 1 unspecified atom stereocenters. The number of aliphatic hydroxyl groups is 2. The summed E-state index contributed by atoms with van der Waals surface area (Å²) in [5.74, 6) is 1.90. The number of hydrogen-bond acceptors (Lipinski definition) is 3. The minimum Gasteiger partial charge on any atom is -0.504 e. The first-order valence-electron chi connectivity index (χ1n) is 9.02. The number of rotatable bonds is 0. The molecular weight excluding hydrogens is 276 g/mol. The van der Waals surface area contributed by atoms with Crippen LogP contribution in [0.5, 0.6) is 0 Å². The molecule has 0 aromatic carbocycles. The normalized spacial score (nSPS) is 51.3. The fourth-order valence-electron chi connectivity index (χ4n) is 6.66. The highest BCUT2D eigenvalue weighted by molar-refractivity contribution is 5.95. The number of aliphatic hydroxyl groups excluding tert-OH is 2. The molecule has 3 nitrogen and oxygen atoms in total. The van der Waals surface area contributed by atoms with Crippen LogP contribution in [0.1, 0.15) is 65.2 Å². The molecule has 4 rings (SSSR count). The van der Waals surface area contributed by atoms with Gasteiger partial charge in [0, 0.05) is 6.42 Å². The zero-order valence-corrected chi connectivity index (χ0v) is 13.8. The van der Waals surface area contributed by atoms with Crippen LogP contribution in [0.4, 0.5) is 0 Å². The number of Topliss-reactive ketones (excluding diaryl/α,β-unsaturated/α-hetero) is 1. The summed E-state index contributed by atoms with van der Waals surface area (Å²) < 4.78 is 0. The second-order valence-corrected chi connectivity index (χ2v) is 8.72. The Hall–Kier alpha value is -0.830. The van der Waals surface area contributed by atoms with Crippen LogP contribution in [0.2, 0.25) is 0 Å². The smallest absolute Gasteiger partial charge is 0.197 e. The van der Waals surface area contributed by atoms with Crippen molar-refractivity contribution in [3.63, 3.8) is 0 Å². The first kappa shape index (κ1) is 14.7. The van der Waals surface area contributed by atoms with Crippen molar-refractivity contribution < 1.29 is 15.0 Å². The number of carbonyl (C=O) groups excluding carboxylic acids is 1. The molecule has 3 heteroatoms. The van der Waals surface area contributed by atoms with Crippen LogP contribution in [0.25, 0.3) is 0 Å². The number of carbonyl (C=O) groups is 1. The molecule has 0 spiro atoms. The van der Waals surface area contributed by atoms with Gasteiger partial charge in [0.25, 0.3) is 0 Å². The van der Waals surface area contributed by atoms with E-state index in [1.165, 1.54) is 0 Å². The van der Waals surface area contributed by atoms with E-state index in [1.54, 1.807) is 0 Å². The SMILES string of the molecule is C[C@]12CCC(=O)C(O)=C1CC[C@@H]1[C@@H]2CC[C@]2(C)C(O)CC[C@@H]12. The van der Waals surface area contributed by atoms with Gasteiger partial charge in [-0.05, 0) is 79.1 Å². The predicted molar refractivity (Wildman–Crippen MR) is 84.3 cm³/mol. The fourth-order valence-corrected chi connectivity index (χ4v) is 6.66. The molecule has 0 saturated heterocycles.